The van der Waals surface area contributed by atoms with Crippen LogP contribution >= 0.6 is 0 Å². The Morgan fingerprint density at radius 3 is 2.52 bits per heavy atom. The van der Waals surface area contributed by atoms with Gasteiger partial charge in [-0.05, 0) is 69.7 Å². The van der Waals surface area contributed by atoms with E-state index in [0.29, 0.717) is 0 Å². The lowest BCUT2D eigenvalue weighted by Crippen LogP contribution is -2.37. The zero-order valence-electron chi connectivity index (χ0n) is 19.6. The Morgan fingerprint density at radius 2 is 1.81 bits per heavy atom. The molecule has 3 aliphatic carbocycles. The monoisotopic (exact) mass is 426 g/mol. The van der Waals surface area contributed by atoms with Crippen LogP contribution in [0.4, 0.5) is 0 Å². The van der Waals surface area contributed by atoms with Crippen molar-refractivity contribution < 1.29 is 14.3 Å². The molecule has 0 radical (unpaired) electrons. The summed E-state index contributed by atoms with van der Waals surface area (Å²) in [6.45, 7) is 3.61. The van der Waals surface area contributed by atoms with Gasteiger partial charge in [-0.3, -0.25) is 0 Å². The van der Waals surface area contributed by atoms with Crippen LogP contribution in [-0.4, -0.2) is 50.1 Å². The number of methoxy groups -OCH3 is 2. The van der Waals surface area contributed by atoms with Crippen LogP contribution in [0.5, 0.6) is 11.5 Å². The molecule has 170 valence electrons. The summed E-state index contributed by atoms with van der Waals surface area (Å²) in [5, 5.41) is 4.66. The second-order valence-electron chi connectivity index (χ2n) is 9.88. The van der Waals surface area contributed by atoms with E-state index in [9.17, 15) is 0 Å². The molecule has 0 aromatic heterocycles. The predicted octanol–water partition coefficient (Wildman–Crippen LogP) is 5.46. The van der Waals surface area contributed by atoms with Crippen molar-refractivity contribution >= 4 is 5.71 Å². The highest BCUT2D eigenvalue weighted by Gasteiger charge is 2.43. The van der Waals surface area contributed by atoms with Crippen molar-refractivity contribution in [1.29, 1.82) is 0 Å². The highest BCUT2D eigenvalue weighted by atomic mass is 16.6. The molecule has 5 nitrogen and oxygen atoms in total. The number of rotatable bonds is 4. The molecule has 2 bridgehead atoms. The van der Waals surface area contributed by atoms with E-state index >= 15 is 0 Å². The number of hydrogen-bond donors (Lipinski definition) is 0. The number of nitrogens with zero attached hydrogens (tertiary/aromatic N) is 2. The topological polar surface area (TPSA) is 43.3 Å². The summed E-state index contributed by atoms with van der Waals surface area (Å²) < 4.78 is 10.0. The van der Waals surface area contributed by atoms with E-state index in [2.05, 4.69) is 30.1 Å². The summed E-state index contributed by atoms with van der Waals surface area (Å²) in [6, 6.07) is 8.25. The molecule has 2 saturated carbocycles. The Morgan fingerprint density at radius 1 is 1.06 bits per heavy atom. The maximum atomic E-state index is 6.17. The van der Waals surface area contributed by atoms with Gasteiger partial charge in [-0.25, -0.2) is 0 Å². The third kappa shape index (κ3) is 5.08. The van der Waals surface area contributed by atoms with Crippen molar-refractivity contribution in [3.8, 4) is 11.5 Å². The molecule has 0 amide bonds. The standard InChI is InChI=1S/C18H28N2O.C8H10O2/c1-13-9-14-5-7-18(11-13,12-14)21-19-16-4-3-15-6-8-20(2)17(15)10-16;1-9-7-5-3-4-6-8(7)10-2/h5,13,15,17H,3-4,6-12H2,1-2H3;3-6H,1-2H3/b19-16-;. The van der Waals surface area contributed by atoms with E-state index in [0.717, 1.165) is 55.1 Å². The molecule has 0 spiro atoms. The molecule has 1 saturated heterocycles. The minimum atomic E-state index is 0.0123. The van der Waals surface area contributed by atoms with Crippen LogP contribution < -0.4 is 9.47 Å². The molecule has 1 aromatic rings. The second kappa shape index (κ2) is 9.64. The van der Waals surface area contributed by atoms with Gasteiger partial charge in [-0.15, -0.1) is 0 Å². The van der Waals surface area contributed by atoms with E-state index in [4.69, 9.17) is 14.3 Å². The quantitative estimate of drug-likeness (QED) is 0.474. The van der Waals surface area contributed by atoms with Gasteiger partial charge in [-0.1, -0.05) is 35.9 Å². The van der Waals surface area contributed by atoms with Gasteiger partial charge in [0.1, 0.15) is 5.60 Å². The van der Waals surface area contributed by atoms with Crippen molar-refractivity contribution in [3.63, 3.8) is 0 Å². The first-order chi connectivity index (χ1) is 15.0. The number of fused-ring (bicyclic) bond motifs is 3. The Hall–Kier alpha value is -2.01. The molecule has 1 aliphatic heterocycles. The maximum absolute atomic E-state index is 6.17. The fourth-order valence-electron chi connectivity index (χ4n) is 5.94. The summed E-state index contributed by atoms with van der Waals surface area (Å²) >= 11 is 0. The van der Waals surface area contributed by atoms with Gasteiger partial charge >= 0.3 is 0 Å². The number of oxime groups is 1. The first kappa shape index (κ1) is 22.2. The lowest BCUT2D eigenvalue weighted by molar-refractivity contribution is -0.0583. The molecule has 1 aromatic carbocycles. The van der Waals surface area contributed by atoms with Crippen molar-refractivity contribution in [1.82, 2.24) is 4.90 Å². The van der Waals surface area contributed by atoms with Gasteiger partial charge in [0.2, 0.25) is 0 Å². The Balaban J connectivity index is 0.000000196. The number of para-hydroxylation sites is 2. The molecule has 3 fully saturated rings. The Labute approximate surface area is 187 Å². The predicted molar refractivity (Wildman–Crippen MR) is 125 cm³/mol. The van der Waals surface area contributed by atoms with E-state index in [1.54, 1.807) is 19.8 Å². The van der Waals surface area contributed by atoms with Crippen molar-refractivity contribution in [2.75, 3.05) is 27.8 Å². The Bertz CT molecular complexity index is 798. The lowest BCUT2D eigenvalue weighted by atomic mass is 9.80. The van der Waals surface area contributed by atoms with Gasteiger partial charge < -0.3 is 19.2 Å². The van der Waals surface area contributed by atoms with Gasteiger partial charge in [0, 0.05) is 25.3 Å². The zero-order valence-corrected chi connectivity index (χ0v) is 19.6. The fourth-order valence-corrected chi connectivity index (χ4v) is 5.94. The normalized spacial score (nSPS) is 33.2. The molecule has 0 N–H and O–H groups in total. The largest absolute Gasteiger partial charge is 0.493 e. The summed E-state index contributed by atoms with van der Waals surface area (Å²) in [5.74, 6) is 3.20. The van der Waals surface area contributed by atoms with E-state index < -0.39 is 0 Å². The van der Waals surface area contributed by atoms with Crippen LogP contribution in [0.1, 0.15) is 58.3 Å². The molecule has 31 heavy (non-hydrogen) atoms. The fraction of sp³-hybridized carbons (Fsp3) is 0.654. The molecule has 5 rings (SSSR count). The molecule has 4 aliphatic rings. The average Bonchev–Trinajstić information content (AvgIpc) is 3.31. The molecule has 4 atom stereocenters. The highest BCUT2D eigenvalue weighted by Crippen LogP contribution is 2.46. The van der Waals surface area contributed by atoms with Crippen LogP contribution in [0, 0.1) is 11.8 Å². The van der Waals surface area contributed by atoms with Crippen molar-refractivity contribution in [2.45, 2.75) is 69.9 Å². The molecule has 4 unspecified atom stereocenters. The first-order valence-corrected chi connectivity index (χ1v) is 11.8. The molecule has 1 heterocycles. The summed E-state index contributed by atoms with van der Waals surface area (Å²) in [4.78, 5) is 8.70. The smallest absolute Gasteiger partial charge is 0.160 e. The summed E-state index contributed by atoms with van der Waals surface area (Å²) in [5.41, 5.74) is 2.93. The van der Waals surface area contributed by atoms with Crippen molar-refractivity contribution in [2.24, 2.45) is 17.0 Å². The van der Waals surface area contributed by atoms with Crippen LogP contribution in [0.15, 0.2) is 41.1 Å². The highest BCUT2D eigenvalue weighted by molar-refractivity contribution is 5.85. The maximum Gasteiger partial charge on any atom is 0.160 e. The molecular formula is C26H38N2O3. The van der Waals surface area contributed by atoms with Crippen LogP contribution in [0.3, 0.4) is 0 Å². The number of hydrogen-bond acceptors (Lipinski definition) is 5. The Kier molecular flexibility index (Phi) is 6.90. The summed E-state index contributed by atoms with van der Waals surface area (Å²) in [7, 11) is 5.51. The number of benzene rings is 1. The van der Waals surface area contributed by atoms with E-state index in [1.165, 1.54) is 37.9 Å². The SMILES string of the molecule is CC1CC2=CCC(O/N=C3/CCC4CCN(C)C4C3)(C2)C1.COc1ccccc1OC. The van der Waals surface area contributed by atoms with Gasteiger partial charge in [-0.2, -0.15) is 0 Å². The van der Waals surface area contributed by atoms with Gasteiger partial charge in [0.15, 0.2) is 11.5 Å². The minimum Gasteiger partial charge on any atom is -0.493 e. The van der Waals surface area contributed by atoms with Gasteiger partial charge in [0.05, 0.1) is 19.9 Å². The van der Waals surface area contributed by atoms with Crippen molar-refractivity contribution in [3.05, 3.63) is 35.9 Å². The third-order valence-corrected chi connectivity index (χ3v) is 7.51. The van der Waals surface area contributed by atoms with Crippen LogP contribution in [0.2, 0.25) is 0 Å². The third-order valence-electron chi connectivity index (χ3n) is 7.51. The number of likely N-dealkylation sites (tertiary alicyclic amines) is 1. The van der Waals surface area contributed by atoms with Gasteiger partial charge in [0.25, 0.3) is 0 Å². The van der Waals surface area contributed by atoms with E-state index in [-0.39, 0.29) is 5.60 Å². The number of ether oxygens (including phenoxy) is 2. The molecular weight excluding hydrogens is 388 g/mol. The lowest BCUT2D eigenvalue weighted by Gasteiger charge is -2.35. The van der Waals surface area contributed by atoms with Crippen LogP contribution in [0.25, 0.3) is 0 Å². The zero-order chi connectivity index (χ0) is 21.8. The summed E-state index contributed by atoms with van der Waals surface area (Å²) in [6.07, 6.45) is 12.0. The molecule has 5 heteroatoms. The second-order valence-corrected chi connectivity index (χ2v) is 9.88. The van der Waals surface area contributed by atoms with E-state index in [1.807, 2.05) is 24.3 Å². The first-order valence-electron chi connectivity index (χ1n) is 11.8. The van der Waals surface area contributed by atoms with Crippen LogP contribution in [-0.2, 0) is 4.84 Å². The average molecular weight is 427 g/mol. The minimum absolute atomic E-state index is 0.0123.